The van der Waals surface area contributed by atoms with Crippen LogP contribution in [0.15, 0.2) is 23.4 Å². The Morgan fingerprint density at radius 2 is 2.13 bits per heavy atom. The Morgan fingerprint density at radius 1 is 1.53 bits per heavy atom. The molecule has 5 nitrogen and oxygen atoms in total. The first-order chi connectivity index (χ1) is 7.15. The van der Waals surface area contributed by atoms with E-state index in [1.165, 1.54) is 0 Å². The molecule has 4 N–H and O–H groups in total. The van der Waals surface area contributed by atoms with Crippen molar-refractivity contribution in [1.29, 1.82) is 10.8 Å². The number of hydrogen-bond donors (Lipinski definition) is 3. The molecule has 0 fully saturated rings. The van der Waals surface area contributed by atoms with Crippen molar-refractivity contribution in [2.75, 3.05) is 0 Å². The van der Waals surface area contributed by atoms with E-state index in [1.54, 1.807) is 18.2 Å². The van der Waals surface area contributed by atoms with E-state index in [-0.39, 0.29) is 12.4 Å². The minimum Gasteiger partial charge on any atom is -0.384 e. The fourth-order valence-corrected chi connectivity index (χ4v) is 1.11. The molecular weight excluding hydrogens is 192 g/mol. The number of benzene rings is 1. The molecule has 15 heavy (non-hydrogen) atoms. The van der Waals surface area contributed by atoms with Crippen molar-refractivity contribution < 1.29 is 0 Å². The van der Waals surface area contributed by atoms with Crippen LogP contribution in [0, 0.1) is 22.6 Å². The van der Waals surface area contributed by atoms with Crippen LogP contribution in [0.1, 0.15) is 16.7 Å². The Hall–Kier alpha value is -2.04. The van der Waals surface area contributed by atoms with Crippen LogP contribution >= 0.6 is 0 Å². The Labute approximate surface area is 88.3 Å². The monoisotopic (exact) mass is 206 g/mol. The van der Waals surface area contributed by atoms with E-state index >= 15 is 0 Å². The van der Waals surface area contributed by atoms with Gasteiger partial charge in [0.25, 0.3) is 0 Å². The first kappa shape index (κ1) is 13.0. The lowest BCUT2D eigenvalue weighted by Crippen LogP contribution is -2.11. The summed E-state index contributed by atoms with van der Waals surface area (Å²) in [5.41, 5.74) is 7.79. The number of amidine groups is 1. The minimum absolute atomic E-state index is 0.0358. The standard InChI is InChI=1S/C9H11N3O.CH3N/c1-6-4-7(9(10)11)2-3-8(6)5-12-13;1-2/h2-4H,5H2,1H3,(H3,10,11);2H,1H2. The van der Waals surface area contributed by atoms with Crippen LogP contribution in [-0.4, -0.2) is 12.6 Å². The molecule has 0 atom stereocenters. The summed E-state index contributed by atoms with van der Waals surface area (Å²) in [4.78, 5) is 10.0. The molecule has 0 unspecified atom stereocenters. The van der Waals surface area contributed by atoms with Gasteiger partial charge in [-0.1, -0.05) is 17.3 Å². The molecule has 1 aromatic rings. The fraction of sp³-hybridized carbons (Fsp3) is 0.200. The molecule has 0 saturated carbocycles. The molecule has 0 aromatic heterocycles. The van der Waals surface area contributed by atoms with Crippen molar-refractivity contribution in [2.45, 2.75) is 13.5 Å². The predicted octanol–water partition coefficient (Wildman–Crippen LogP) is 1.81. The third kappa shape index (κ3) is 3.68. The topological polar surface area (TPSA) is 103 Å². The van der Waals surface area contributed by atoms with Crippen LogP contribution in [0.3, 0.4) is 0 Å². The number of nitrogen functional groups attached to an aromatic ring is 1. The molecule has 80 valence electrons. The summed E-state index contributed by atoms with van der Waals surface area (Å²) in [7, 11) is 0. The highest BCUT2D eigenvalue weighted by molar-refractivity contribution is 5.95. The van der Waals surface area contributed by atoms with Gasteiger partial charge in [-0.15, -0.1) is 0 Å². The highest BCUT2D eigenvalue weighted by Crippen LogP contribution is 2.11. The van der Waals surface area contributed by atoms with Gasteiger partial charge >= 0.3 is 0 Å². The number of nitroso groups, excluding NO2 is 1. The van der Waals surface area contributed by atoms with Gasteiger partial charge in [0.15, 0.2) is 0 Å². The normalized spacial score (nSPS) is 8.60. The van der Waals surface area contributed by atoms with Crippen molar-refractivity contribution in [3.8, 4) is 0 Å². The second-order valence-electron chi connectivity index (χ2n) is 2.84. The molecule has 0 aliphatic rings. The van der Waals surface area contributed by atoms with Gasteiger partial charge in [-0.05, 0) is 30.8 Å². The molecule has 0 aliphatic heterocycles. The van der Waals surface area contributed by atoms with Crippen molar-refractivity contribution in [3.63, 3.8) is 0 Å². The third-order valence-electron chi connectivity index (χ3n) is 1.89. The van der Waals surface area contributed by atoms with E-state index in [4.69, 9.17) is 16.6 Å². The van der Waals surface area contributed by atoms with Crippen molar-refractivity contribution in [3.05, 3.63) is 39.8 Å². The zero-order chi connectivity index (χ0) is 11.8. The van der Waals surface area contributed by atoms with Crippen molar-refractivity contribution in [1.82, 2.24) is 0 Å². The van der Waals surface area contributed by atoms with Crippen LogP contribution in [0.2, 0.25) is 0 Å². The van der Waals surface area contributed by atoms with Crippen molar-refractivity contribution >= 4 is 12.6 Å². The number of hydrogen-bond acceptors (Lipinski definition) is 4. The maximum Gasteiger partial charge on any atom is 0.122 e. The molecule has 1 rings (SSSR count). The van der Waals surface area contributed by atoms with E-state index in [1.807, 2.05) is 6.92 Å². The number of nitrogens with two attached hydrogens (primary N) is 1. The first-order valence-corrected chi connectivity index (χ1v) is 4.23. The van der Waals surface area contributed by atoms with Crippen LogP contribution in [0.25, 0.3) is 0 Å². The average Bonchev–Trinajstić information content (AvgIpc) is 2.24. The Kier molecular flexibility index (Phi) is 5.55. The summed E-state index contributed by atoms with van der Waals surface area (Å²) in [6.07, 6.45) is 0. The van der Waals surface area contributed by atoms with Gasteiger partial charge in [-0.3, -0.25) is 5.41 Å². The Morgan fingerprint density at radius 3 is 2.53 bits per heavy atom. The lowest BCUT2D eigenvalue weighted by atomic mass is 10.0. The number of aryl methyl sites for hydroxylation is 1. The number of nitrogens with zero attached hydrogens (tertiary/aromatic N) is 1. The number of rotatable bonds is 3. The molecule has 0 heterocycles. The van der Waals surface area contributed by atoms with Crippen LogP contribution in [-0.2, 0) is 6.54 Å². The summed E-state index contributed by atoms with van der Waals surface area (Å²) in [5, 5.41) is 15.5. The second-order valence-corrected chi connectivity index (χ2v) is 2.84. The van der Waals surface area contributed by atoms with Gasteiger partial charge in [0.05, 0.1) is 0 Å². The Balaban J connectivity index is 0.000000921. The molecule has 0 amide bonds. The predicted molar refractivity (Wildman–Crippen MR) is 61.5 cm³/mol. The van der Waals surface area contributed by atoms with Gasteiger partial charge < -0.3 is 11.1 Å². The lowest BCUT2D eigenvalue weighted by molar-refractivity contribution is 1.03. The fourth-order valence-electron chi connectivity index (χ4n) is 1.11. The quantitative estimate of drug-likeness (QED) is 0.399. The molecule has 1 aromatic carbocycles. The van der Waals surface area contributed by atoms with Gasteiger partial charge in [0.1, 0.15) is 12.4 Å². The zero-order valence-corrected chi connectivity index (χ0v) is 8.58. The second kappa shape index (κ2) is 6.42. The first-order valence-electron chi connectivity index (χ1n) is 4.23. The molecule has 0 bridgehead atoms. The summed E-state index contributed by atoms with van der Waals surface area (Å²) < 4.78 is 0. The molecule has 0 aliphatic carbocycles. The SMILES string of the molecule is C=N.Cc1cc(C(=N)N)ccc1CN=O. The third-order valence-corrected chi connectivity index (χ3v) is 1.89. The maximum absolute atomic E-state index is 10.0. The van der Waals surface area contributed by atoms with E-state index in [0.717, 1.165) is 11.1 Å². The lowest BCUT2D eigenvalue weighted by Gasteiger charge is -2.03. The van der Waals surface area contributed by atoms with Crippen molar-refractivity contribution in [2.24, 2.45) is 10.9 Å². The van der Waals surface area contributed by atoms with Crippen LogP contribution in [0.5, 0.6) is 0 Å². The highest BCUT2D eigenvalue weighted by Gasteiger charge is 2.01. The molecular formula is C10H14N4O. The molecule has 0 radical (unpaired) electrons. The summed E-state index contributed by atoms with van der Waals surface area (Å²) in [5.74, 6) is 0.0358. The number of nitrogens with one attached hydrogen (secondary N) is 2. The highest BCUT2D eigenvalue weighted by atomic mass is 16.3. The van der Waals surface area contributed by atoms with E-state index < -0.39 is 0 Å². The average molecular weight is 206 g/mol. The minimum atomic E-state index is 0.0358. The largest absolute Gasteiger partial charge is 0.384 e. The summed E-state index contributed by atoms with van der Waals surface area (Å²) in [6, 6.07) is 5.27. The zero-order valence-electron chi connectivity index (χ0n) is 8.58. The maximum atomic E-state index is 10.0. The van der Waals surface area contributed by atoms with Gasteiger partial charge in [-0.2, -0.15) is 4.91 Å². The molecule has 0 spiro atoms. The summed E-state index contributed by atoms with van der Waals surface area (Å²) >= 11 is 0. The van der Waals surface area contributed by atoms with E-state index in [9.17, 15) is 4.91 Å². The van der Waals surface area contributed by atoms with Gasteiger partial charge in [0.2, 0.25) is 0 Å². The smallest absolute Gasteiger partial charge is 0.122 e. The van der Waals surface area contributed by atoms with Gasteiger partial charge in [-0.25, -0.2) is 0 Å². The van der Waals surface area contributed by atoms with E-state index in [0.29, 0.717) is 5.56 Å². The Bertz CT molecular complexity index is 362. The van der Waals surface area contributed by atoms with Crippen LogP contribution in [0.4, 0.5) is 0 Å². The summed E-state index contributed by atoms with van der Waals surface area (Å²) in [6.45, 7) is 4.54. The molecule has 5 heteroatoms. The van der Waals surface area contributed by atoms with E-state index in [2.05, 4.69) is 11.9 Å². The molecule has 0 saturated heterocycles. The van der Waals surface area contributed by atoms with Crippen LogP contribution < -0.4 is 5.73 Å². The van der Waals surface area contributed by atoms with Gasteiger partial charge in [0, 0.05) is 5.56 Å².